The first-order valence-corrected chi connectivity index (χ1v) is 8.61. The molecule has 2 heterocycles. The summed E-state index contributed by atoms with van der Waals surface area (Å²) < 4.78 is 0. The molecule has 1 aromatic carbocycles. The number of nitrogens with one attached hydrogen (secondary N) is 2. The molecule has 0 bridgehead atoms. The van der Waals surface area contributed by atoms with Crippen molar-refractivity contribution in [2.75, 3.05) is 19.6 Å². The third-order valence-corrected chi connectivity index (χ3v) is 4.81. The number of piperidine rings is 2. The standard InChI is InChI=1S/C18H27N3O/c22-18(17-8-4-5-11-19-17)20-16-9-12-21(13-10-16)14-15-6-2-1-3-7-15/h1-3,6-7,16-17,19H,4-5,8-14H2,(H,20,22). The molecule has 0 saturated carbocycles. The van der Waals surface area contributed by atoms with E-state index in [1.54, 1.807) is 0 Å². The van der Waals surface area contributed by atoms with Gasteiger partial charge in [0.2, 0.25) is 5.91 Å². The average molecular weight is 301 g/mol. The van der Waals surface area contributed by atoms with E-state index in [-0.39, 0.29) is 11.9 Å². The van der Waals surface area contributed by atoms with Gasteiger partial charge in [-0.1, -0.05) is 36.8 Å². The van der Waals surface area contributed by atoms with Crippen molar-refractivity contribution in [2.24, 2.45) is 0 Å². The second-order valence-electron chi connectivity index (χ2n) is 6.55. The van der Waals surface area contributed by atoms with Crippen molar-refractivity contribution in [3.05, 3.63) is 35.9 Å². The maximum atomic E-state index is 12.3. The Hall–Kier alpha value is -1.39. The zero-order valence-corrected chi connectivity index (χ0v) is 13.3. The lowest BCUT2D eigenvalue weighted by Crippen LogP contribution is -2.52. The molecule has 4 nitrogen and oxygen atoms in total. The predicted octanol–water partition coefficient (Wildman–Crippen LogP) is 1.91. The Kier molecular flexibility index (Phi) is 5.46. The van der Waals surface area contributed by atoms with Gasteiger partial charge in [-0.3, -0.25) is 9.69 Å². The summed E-state index contributed by atoms with van der Waals surface area (Å²) in [5.41, 5.74) is 1.37. The largest absolute Gasteiger partial charge is 0.352 e. The number of carbonyl (C=O) groups is 1. The number of carbonyl (C=O) groups excluding carboxylic acids is 1. The van der Waals surface area contributed by atoms with Gasteiger partial charge in [0.1, 0.15) is 0 Å². The van der Waals surface area contributed by atoms with Gasteiger partial charge in [0.25, 0.3) is 0 Å². The van der Waals surface area contributed by atoms with Crippen molar-refractivity contribution in [2.45, 2.75) is 50.7 Å². The number of benzene rings is 1. The van der Waals surface area contributed by atoms with Crippen molar-refractivity contribution >= 4 is 5.91 Å². The number of nitrogens with zero attached hydrogens (tertiary/aromatic N) is 1. The molecule has 0 radical (unpaired) electrons. The summed E-state index contributed by atoms with van der Waals surface area (Å²) in [4.78, 5) is 14.7. The molecular weight excluding hydrogens is 274 g/mol. The molecule has 1 aromatic rings. The smallest absolute Gasteiger partial charge is 0.237 e. The summed E-state index contributed by atoms with van der Waals surface area (Å²) >= 11 is 0. The Labute approximate surface area is 133 Å². The lowest BCUT2D eigenvalue weighted by molar-refractivity contribution is -0.124. The first-order chi connectivity index (χ1) is 10.8. The molecule has 120 valence electrons. The number of likely N-dealkylation sites (tertiary alicyclic amines) is 1. The van der Waals surface area contributed by atoms with Gasteiger partial charge in [-0.25, -0.2) is 0 Å². The summed E-state index contributed by atoms with van der Waals surface area (Å²) in [5.74, 6) is 0.209. The summed E-state index contributed by atoms with van der Waals surface area (Å²) in [5, 5.41) is 6.57. The number of rotatable bonds is 4. The summed E-state index contributed by atoms with van der Waals surface area (Å²) in [6.45, 7) is 4.13. The van der Waals surface area contributed by atoms with Gasteiger partial charge in [0.15, 0.2) is 0 Å². The van der Waals surface area contributed by atoms with Gasteiger partial charge < -0.3 is 10.6 Å². The Balaban J connectivity index is 1.40. The SMILES string of the molecule is O=C(NC1CCN(Cc2ccccc2)CC1)C1CCCCN1. The van der Waals surface area contributed by atoms with E-state index in [0.29, 0.717) is 6.04 Å². The highest BCUT2D eigenvalue weighted by Crippen LogP contribution is 2.15. The second-order valence-corrected chi connectivity index (χ2v) is 6.55. The fraction of sp³-hybridized carbons (Fsp3) is 0.611. The van der Waals surface area contributed by atoms with E-state index in [1.807, 2.05) is 0 Å². The van der Waals surface area contributed by atoms with Crippen LogP contribution in [0.4, 0.5) is 0 Å². The molecule has 2 aliphatic heterocycles. The fourth-order valence-corrected chi connectivity index (χ4v) is 3.45. The highest BCUT2D eigenvalue weighted by atomic mass is 16.2. The molecule has 2 fully saturated rings. The van der Waals surface area contributed by atoms with E-state index in [9.17, 15) is 4.79 Å². The van der Waals surface area contributed by atoms with Gasteiger partial charge >= 0.3 is 0 Å². The van der Waals surface area contributed by atoms with Crippen LogP contribution in [0.15, 0.2) is 30.3 Å². The molecule has 4 heteroatoms. The van der Waals surface area contributed by atoms with E-state index in [4.69, 9.17) is 0 Å². The van der Waals surface area contributed by atoms with Crippen LogP contribution < -0.4 is 10.6 Å². The minimum absolute atomic E-state index is 0.0381. The second kappa shape index (κ2) is 7.75. The van der Waals surface area contributed by atoms with Crippen LogP contribution in [-0.2, 0) is 11.3 Å². The quantitative estimate of drug-likeness (QED) is 0.893. The molecule has 0 aliphatic carbocycles. The maximum absolute atomic E-state index is 12.3. The Morgan fingerprint density at radius 1 is 1.14 bits per heavy atom. The van der Waals surface area contributed by atoms with Crippen LogP contribution in [0, 0.1) is 0 Å². The third-order valence-electron chi connectivity index (χ3n) is 4.81. The van der Waals surface area contributed by atoms with Gasteiger partial charge in [-0.05, 0) is 37.8 Å². The van der Waals surface area contributed by atoms with Crippen molar-refractivity contribution in [1.29, 1.82) is 0 Å². The van der Waals surface area contributed by atoms with E-state index in [2.05, 4.69) is 45.9 Å². The van der Waals surface area contributed by atoms with E-state index in [1.165, 1.54) is 18.4 Å². The molecule has 1 atom stereocenters. The van der Waals surface area contributed by atoms with Crippen LogP contribution >= 0.6 is 0 Å². The molecule has 1 amide bonds. The molecular formula is C18H27N3O. The van der Waals surface area contributed by atoms with E-state index >= 15 is 0 Å². The molecule has 2 N–H and O–H groups in total. The summed E-state index contributed by atoms with van der Waals surface area (Å²) in [7, 11) is 0. The number of amides is 1. The minimum Gasteiger partial charge on any atom is -0.352 e. The van der Waals surface area contributed by atoms with Crippen LogP contribution in [0.5, 0.6) is 0 Å². The summed E-state index contributed by atoms with van der Waals surface area (Å²) in [6.07, 6.45) is 5.47. The molecule has 2 aliphatic rings. The topological polar surface area (TPSA) is 44.4 Å². The number of hydrogen-bond donors (Lipinski definition) is 2. The summed E-state index contributed by atoms with van der Waals surface area (Å²) in [6, 6.07) is 11.0. The van der Waals surface area contributed by atoms with E-state index in [0.717, 1.165) is 45.4 Å². The first kappa shape index (κ1) is 15.5. The number of hydrogen-bond acceptors (Lipinski definition) is 3. The van der Waals surface area contributed by atoms with Gasteiger partial charge in [0, 0.05) is 25.7 Å². The van der Waals surface area contributed by atoms with Crippen LogP contribution in [0.2, 0.25) is 0 Å². The Morgan fingerprint density at radius 2 is 1.91 bits per heavy atom. The van der Waals surface area contributed by atoms with Crippen molar-refractivity contribution < 1.29 is 4.79 Å². The lowest BCUT2D eigenvalue weighted by Gasteiger charge is -2.33. The van der Waals surface area contributed by atoms with Crippen molar-refractivity contribution in [3.63, 3.8) is 0 Å². The van der Waals surface area contributed by atoms with Crippen LogP contribution in [0.25, 0.3) is 0 Å². The Bertz CT molecular complexity index is 462. The lowest BCUT2D eigenvalue weighted by atomic mass is 10.0. The van der Waals surface area contributed by atoms with Gasteiger partial charge in [0.05, 0.1) is 6.04 Å². The average Bonchev–Trinajstić information content (AvgIpc) is 2.58. The fourth-order valence-electron chi connectivity index (χ4n) is 3.45. The van der Waals surface area contributed by atoms with Gasteiger partial charge in [-0.2, -0.15) is 0 Å². The minimum atomic E-state index is 0.0381. The van der Waals surface area contributed by atoms with Gasteiger partial charge in [-0.15, -0.1) is 0 Å². The molecule has 3 rings (SSSR count). The third kappa shape index (κ3) is 4.31. The highest BCUT2D eigenvalue weighted by Gasteiger charge is 2.25. The zero-order valence-electron chi connectivity index (χ0n) is 13.3. The molecule has 0 aromatic heterocycles. The molecule has 2 saturated heterocycles. The highest BCUT2D eigenvalue weighted by molar-refractivity contribution is 5.82. The van der Waals surface area contributed by atoms with E-state index < -0.39 is 0 Å². The van der Waals surface area contributed by atoms with Crippen molar-refractivity contribution in [3.8, 4) is 0 Å². The predicted molar refractivity (Wildman–Crippen MR) is 88.5 cm³/mol. The van der Waals surface area contributed by atoms with Crippen molar-refractivity contribution in [1.82, 2.24) is 15.5 Å². The Morgan fingerprint density at radius 3 is 2.59 bits per heavy atom. The molecule has 22 heavy (non-hydrogen) atoms. The monoisotopic (exact) mass is 301 g/mol. The molecule has 1 unspecified atom stereocenters. The first-order valence-electron chi connectivity index (χ1n) is 8.61. The van der Waals surface area contributed by atoms with Crippen LogP contribution in [0.1, 0.15) is 37.7 Å². The normalized spacial score (nSPS) is 24.1. The zero-order chi connectivity index (χ0) is 15.2. The van der Waals surface area contributed by atoms with Crippen LogP contribution in [0.3, 0.4) is 0 Å². The maximum Gasteiger partial charge on any atom is 0.237 e. The molecule has 0 spiro atoms. The van der Waals surface area contributed by atoms with Crippen LogP contribution in [-0.4, -0.2) is 42.5 Å².